The molecule has 2 atom stereocenters. The van der Waals surface area contributed by atoms with E-state index in [4.69, 9.17) is 20.4 Å². The summed E-state index contributed by atoms with van der Waals surface area (Å²) >= 11 is 0. The number of carbonyl (C=O) groups is 1. The Morgan fingerprint density at radius 3 is 2.49 bits per heavy atom. The van der Waals surface area contributed by atoms with E-state index >= 15 is 0 Å². The largest absolute Gasteiger partial charge is 0.378 e. The number of hydrogen-bond acceptors (Lipinski definition) is 10. The highest BCUT2D eigenvalue weighted by Crippen LogP contribution is 2.57. The van der Waals surface area contributed by atoms with Crippen LogP contribution >= 0.6 is 0 Å². The maximum Gasteiger partial charge on any atom is 0.275 e. The van der Waals surface area contributed by atoms with Crippen LogP contribution in [0.15, 0.2) is 12.4 Å². The SMILES string of the molecule is C[C@]1(N2CCc3c(-c4cnc(N)nc4)nc(N4CCOCC4)nc32)CCN([C@@]2(C=O)CC2(F)F)C1. The van der Waals surface area contributed by atoms with Crippen molar-refractivity contribution in [3.63, 3.8) is 0 Å². The zero-order chi connectivity index (χ0) is 24.4. The van der Waals surface area contributed by atoms with Gasteiger partial charge in [-0.3, -0.25) is 4.90 Å². The lowest BCUT2D eigenvalue weighted by Gasteiger charge is -2.38. The van der Waals surface area contributed by atoms with Gasteiger partial charge in [-0.15, -0.1) is 0 Å². The topological polar surface area (TPSA) is 114 Å². The predicted octanol–water partition coefficient (Wildman–Crippen LogP) is 1.16. The second-order valence-electron chi connectivity index (χ2n) is 10.1. The summed E-state index contributed by atoms with van der Waals surface area (Å²) in [6, 6.07) is 0. The van der Waals surface area contributed by atoms with Gasteiger partial charge in [-0.1, -0.05) is 0 Å². The van der Waals surface area contributed by atoms with Gasteiger partial charge < -0.3 is 25.1 Å². The molecule has 0 radical (unpaired) electrons. The minimum atomic E-state index is -2.96. The molecule has 1 saturated carbocycles. The van der Waals surface area contributed by atoms with Crippen molar-refractivity contribution >= 4 is 24.0 Å². The van der Waals surface area contributed by atoms with Gasteiger partial charge in [0.15, 0.2) is 0 Å². The first-order valence-corrected chi connectivity index (χ1v) is 11.9. The summed E-state index contributed by atoms with van der Waals surface area (Å²) in [5.41, 5.74) is 6.10. The molecule has 0 unspecified atom stereocenters. The van der Waals surface area contributed by atoms with Crippen LogP contribution in [0.4, 0.5) is 26.5 Å². The van der Waals surface area contributed by atoms with Gasteiger partial charge in [0.25, 0.3) is 5.92 Å². The Balaban J connectivity index is 1.38. The van der Waals surface area contributed by atoms with Gasteiger partial charge in [0, 0.05) is 62.7 Å². The summed E-state index contributed by atoms with van der Waals surface area (Å²) in [7, 11) is 0. The summed E-state index contributed by atoms with van der Waals surface area (Å²) < 4.78 is 33.8. The molecule has 6 rings (SSSR count). The van der Waals surface area contributed by atoms with E-state index < -0.39 is 23.4 Å². The first-order valence-electron chi connectivity index (χ1n) is 11.9. The number of hydrogen-bond donors (Lipinski definition) is 1. The summed E-state index contributed by atoms with van der Waals surface area (Å²) in [6.07, 6.45) is 4.74. The Morgan fingerprint density at radius 1 is 1.11 bits per heavy atom. The number of halogens is 2. The fraction of sp³-hybridized carbons (Fsp3) is 0.609. The molecule has 0 aromatic carbocycles. The molecule has 2 aromatic rings. The molecule has 4 aliphatic rings. The highest BCUT2D eigenvalue weighted by molar-refractivity contribution is 5.74. The molecule has 5 heterocycles. The standard InChI is InChI=1S/C23H28F2N8O2/c1-21(3-5-32(13-21)22(14-34)12-23(22,24)25)33-4-2-16-17(15-10-27-19(26)28-11-15)29-20(30-18(16)33)31-6-8-35-9-7-31/h10-11,14H,2-9,12-13H2,1H3,(H2,26,27,28)/t21-,22+/m0/s1. The van der Waals surface area contributed by atoms with Crippen LogP contribution in [0.2, 0.25) is 0 Å². The number of aldehydes is 1. The number of rotatable bonds is 5. The van der Waals surface area contributed by atoms with E-state index in [1.807, 2.05) is 0 Å². The fourth-order valence-corrected chi connectivity index (χ4v) is 5.72. The average molecular weight is 487 g/mol. The quantitative estimate of drug-likeness (QED) is 0.618. The molecule has 186 valence electrons. The third kappa shape index (κ3) is 3.45. The van der Waals surface area contributed by atoms with E-state index in [0.29, 0.717) is 71.0 Å². The van der Waals surface area contributed by atoms with Crippen LogP contribution in [-0.2, 0) is 16.0 Å². The van der Waals surface area contributed by atoms with Crippen molar-refractivity contribution in [2.75, 3.05) is 61.5 Å². The van der Waals surface area contributed by atoms with Gasteiger partial charge in [0.05, 0.1) is 24.4 Å². The minimum Gasteiger partial charge on any atom is -0.378 e. The molecule has 3 aliphatic heterocycles. The third-order valence-corrected chi connectivity index (χ3v) is 7.92. The van der Waals surface area contributed by atoms with Gasteiger partial charge in [0.1, 0.15) is 17.6 Å². The van der Waals surface area contributed by atoms with Crippen molar-refractivity contribution < 1.29 is 18.3 Å². The molecule has 2 saturated heterocycles. The van der Waals surface area contributed by atoms with Crippen molar-refractivity contribution in [3.05, 3.63) is 18.0 Å². The van der Waals surface area contributed by atoms with Crippen LogP contribution < -0.4 is 15.5 Å². The number of fused-ring (bicyclic) bond motifs is 1. The van der Waals surface area contributed by atoms with Crippen molar-refractivity contribution in [2.45, 2.75) is 43.2 Å². The monoisotopic (exact) mass is 486 g/mol. The van der Waals surface area contributed by atoms with E-state index in [1.165, 1.54) is 0 Å². The molecule has 3 fully saturated rings. The van der Waals surface area contributed by atoms with Gasteiger partial charge >= 0.3 is 0 Å². The zero-order valence-electron chi connectivity index (χ0n) is 19.6. The number of carbonyl (C=O) groups excluding carboxylic acids is 1. The fourth-order valence-electron chi connectivity index (χ4n) is 5.72. The van der Waals surface area contributed by atoms with Crippen LogP contribution in [0.1, 0.15) is 25.3 Å². The lowest BCUT2D eigenvalue weighted by atomic mass is 9.99. The molecule has 1 aliphatic carbocycles. The zero-order valence-corrected chi connectivity index (χ0v) is 19.6. The molecule has 12 heteroatoms. The van der Waals surface area contributed by atoms with Crippen molar-refractivity contribution in [3.8, 4) is 11.3 Å². The Kier molecular flexibility index (Phi) is 4.98. The van der Waals surface area contributed by atoms with Crippen molar-refractivity contribution in [2.24, 2.45) is 0 Å². The Morgan fingerprint density at radius 2 is 1.83 bits per heavy atom. The highest BCUT2D eigenvalue weighted by atomic mass is 19.3. The van der Waals surface area contributed by atoms with Crippen LogP contribution in [0.5, 0.6) is 0 Å². The van der Waals surface area contributed by atoms with Crippen LogP contribution in [0.25, 0.3) is 11.3 Å². The van der Waals surface area contributed by atoms with Gasteiger partial charge in [0.2, 0.25) is 11.9 Å². The maximum atomic E-state index is 14.2. The van der Waals surface area contributed by atoms with E-state index in [1.54, 1.807) is 17.3 Å². The van der Waals surface area contributed by atoms with E-state index in [9.17, 15) is 13.6 Å². The van der Waals surface area contributed by atoms with E-state index in [0.717, 1.165) is 22.6 Å². The van der Waals surface area contributed by atoms with Gasteiger partial charge in [-0.05, 0) is 19.8 Å². The Labute approximate surface area is 201 Å². The second kappa shape index (κ2) is 7.76. The van der Waals surface area contributed by atoms with Crippen molar-refractivity contribution in [1.82, 2.24) is 24.8 Å². The third-order valence-electron chi connectivity index (χ3n) is 7.92. The molecule has 2 N–H and O–H groups in total. The number of morpholine rings is 1. The number of ether oxygens (including phenoxy) is 1. The second-order valence-corrected chi connectivity index (χ2v) is 10.1. The number of alkyl halides is 2. The molecular formula is C23H28F2N8O2. The number of anilines is 3. The number of nitrogen functional groups attached to an aromatic ring is 1. The van der Waals surface area contributed by atoms with Gasteiger partial charge in [-0.2, -0.15) is 4.98 Å². The maximum absolute atomic E-state index is 14.2. The molecule has 0 spiro atoms. The van der Waals surface area contributed by atoms with Crippen LogP contribution in [-0.4, -0.2) is 94.1 Å². The highest BCUT2D eigenvalue weighted by Gasteiger charge is 2.75. The summed E-state index contributed by atoms with van der Waals surface area (Å²) in [6.45, 7) is 6.13. The summed E-state index contributed by atoms with van der Waals surface area (Å²) in [5, 5.41) is 0. The van der Waals surface area contributed by atoms with E-state index in [2.05, 4.69) is 26.7 Å². The molecule has 10 nitrogen and oxygen atoms in total. The number of nitrogens with two attached hydrogens (primary N) is 1. The first-order chi connectivity index (χ1) is 16.8. The van der Waals surface area contributed by atoms with E-state index in [-0.39, 0.29) is 5.95 Å². The molecule has 0 amide bonds. The predicted molar refractivity (Wildman–Crippen MR) is 125 cm³/mol. The number of nitrogens with zero attached hydrogens (tertiary/aromatic N) is 7. The Bertz CT molecular complexity index is 1160. The minimum absolute atomic E-state index is 0.189. The summed E-state index contributed by atoms with van der Waals surface area (Å²) in [5.74, 6) is -1.37. The van der Waals surface area contributed by atoms with Crippen LogP contribution in [0, 0.1) is 0 Å². The lowest BCUT2D eigenvalue weighted by molar-refractivity contribution is -0.117. The normalized spacial score (nSPS) is 29.9. The molecule has 35 heavy (non-hydrogen) atoms. The van der Waals surface area contributed by atoms with Crippen molar-refractivity contribution in [1.29, 1.82) is 0 Å². The molecule has 0 bridgehead atoms. The smallest absolute Gasteiger partial charge is 0.275 e. The average Bonchev–Trinajstić information content (AvgIpc) is 3.16. The summed E-state index contributed by atoms with van der Waals surface area (Å²) in [4.78, 5) is 35.8. The number of aromatic nitrogens is 4. The lowest BCUT2D eigenvalue weighted by Crippen LogP contribution is -2.51. The molecular weight excluding hydrogens is 458 g/mol. The first kappa shape index (κ1) is 22.5. The Hall–Kier alpha value is -2.99. The van der Waals surface area contributed by atoms with Gasteiger partial charge in [-0.25, -0.2) is 23.7 Å². The van der Waals surface area contributed by atoms with Crippen LogP contribution in [0.3, 0.4) is 0 Å². The number of likely N-dealkylation sites (tertiary alicyclic amines) is 1. The molecule has 2 aromatic heterocycles.